The van der Waals surface area contributed by atoms with Gasteiger partial charge in [-0.1, -0.05) is 61.9 Å². The fourth-order valence-electron chi connectivity index (χ4n) is 3.81. The zero-order chi connectivity index (χ0) is 17.7. The Morgan fingerprint density at radius 3 is 2.52 bits per heavy atom. The molecular weight excluding hydrogens is 308 g/mol. The average Bonchev–Trinajstić information content (AvgIpc) is 3.06. The standard InChI is InChI=1S/C22H28N2O/c1-4-6-16-24-17-23-22(5-2,19-10-8-7-9-11-19)21(24)18-12-14-20(25-3)15-13-18/h5,7-15,21,23H,2,4,6,16-17H2,1,3H3. The van der Waals surface area contributed by atoms with E-state index in [1.165, 1.54) is 24.0 Å². The first-order valence-electron chi connectivity index (χ1n) is 9.07. The van der Waals surface area contributed by atoms with Gasteiger partial charge in [-0.3, -0.25) is 10.2 Å². The monoisotopic (exact) mass is 336 g/mol. The zero-order valence-corrected chi connectivity index (χ0v) is 15.2. The highest BCUT2D eigenvalue weighted by molar-refractivity contribution is 5.40. The molecule has 3 nitrogen and oxygen atoms in total. The predicted molar refractivity (Wildman–Crippen MR) is 104 cm³/mol. The summed E-state index contributed by atoms with van der Waals surface area (Å²) < 4.78 is 5.34. The maximum atomic E-state index is 5.34. The maximum Gasteiger partial charge on any atom is 0.118 e. The van der Waals surface area contributed by atoms with Crippen molar-refractivity contribution < 1.29 is 4.74 Å². The van der Waals surface area contributed by atoms with Crippen LogP contribution in [0, 0.1) is 0 Å². The highest BCUT2D eigenvalue weighted by atomic mass is 16.5. The summed E-state index contributed by atoms with van der Waals surface area (Å²) in [6.07, 6.45) is 4.46. The molecule has 0 aromatic heterocycles. The third kappa shape index (κ3) is 3.35. The highest BCUT2D eigenvalue weighted by Crippen LogP contribution is 2.44. The second kappa shape index (κ2) is 7.85. The van der Waals surface area contributed by atoms with Crippen LogP contribution in [0.3, 0.4) is 0 Å². The molecular formula is C22H28N2O. The van der Waals surface area contributed by atoms with Gasteiger partial charge in [0.1, 0.15) is 5.75 Å². The van der Waals surface area contributed by atoms with Gasteiger partial charge in [0, 0.05) is 13.2 Å². The largest absolute Gasteiger partial charge is 0.497 e. The molecule has 1 aliphatic heterocycles. The number of nitrogens with zero attached hydrogens (tertiary/aromatic N) is 1. The highest BCUT2D eigenvalue weighted by Gasteiger charge is 2.46. The summed E-state index contributed by atoms with van der Waals surface area (Å²) in [6, 6.07) is 19.3. The zero-order valence-electron chi connectivity index (χ0n) is 15.2. The van der Waals surface area contributed by atoms with E-state index in [1.807, 2.05) is 12.1 Å². The summed E-state index contributed by atoms with van der Waals surface area (Å²) in [5.74, 6) is 0.888. The molecule has 0 saturated carbocycles. The smallest absolute Gasteiger partial charge is 0.118 e. The molecule has 0 radical (unpaired) electrons. The molecule has 25 heavy (non-hydrogen) atoms. The van der Waals surface area contributed by atoms with Gasteiger partial charge >= 0.3 is 0 Å². The van der Waals surface area contributed by atoms with Gasteiger partial charge in [-0.05, 0) is 29.7 Å². The molecule has 1 saturated heterocycles. The number of hydrogen-bond acceptors (Lipinski definition) is 3. The lowest BCUT2D eigenvalue weighted by Crippen LogP contribution is -2.40. The van der Waals surface area contributed by atoms with Crippen LogP contribution in [-0.2, 0) is 5.54 Å². The van der Waals surface area contributed by atoms with Crippen molar-refractivity contribution >= 4 is 0 Å². The number of nitrogens with one attached hydrogen (secondary N) is 1. The van der Waals surface area contributed by atoms with Crippen LogP contribution < -0.4 is 10.1 Å². The lowest BCUT2D eigenvalue weighted by atomic mass is 9.80. The molecule has 1 fully saturated rings. The van der Waals surface area contributed by atoms with Crippen LogP contribution in [0.4, 0.5) is 0 Å². The minimum Gasteiger partial charge on any atom is -0.497 e. The third-order valence-corrected chi connectivity index (χ3v) is 5.17. The van der Waals surface area contributed by atoms with Crippen LogP contribution in [0.2, 0.25) is 0 Å². The lowest BCUT2D eigenvalue weighted by Gasteiger charge is -2.36. The second-order valence-electron chi connectivity index (χ2n) is 6.62. The molecule has 0 aliphatic carbocycles. The van der Waals surface area contributed by atoms with Crippen molar-refractivity contribution in [2.75, 3.05) is 20.3 Å². The molecule has 1 N–H and O–H groups in total. The van der Waals surface area contributed by atoms with Gasteiger partial charge in [0.2, 0.25) is 0 Å². The molecule has 1 heterocycles. The molecule has 0 bridgehead atoms. The van der Waals surface area contributed by atoms with E-state index in [9.17, 15) is 0 Å². The Bertz CT molecular complexity index is 683. The quantitative estimate of drug-likeness (QED) is 0.755. The molecule has 2 atom stereocenters. The van der Waals surface area contributed by atoms with Gasteiger partial charge in [0.05, 0.1) is 18.7 Å². The van der Waals surface area contributed by atoms with Crippen LogP contribution in [-0.4, -0.2) is 25.2 Å². The van der Waals surface area contributed by atoms with Crippen LogP contribution >= 0.6 is 0 Å². The Balaban J connectivity index is 2.04. The van der Waals surface area contributed by atoms with E-state index >= 15 is 0 Å². The minimum atomic E-state index is -0.288. The topological polar surface area (TPSA) is 24.5 Å². The van der Waals surface area contributed by atoms with E-state index in [-0.39, 0.29) is 11.6 Å². The van der Waals surface area contributed by atoms with E-state index in [2.05, 4.69) is 72.3 Å². The number of benzene rings is 2. The van der Waals surface area contributed by atoms with Crippen molar-refractivity contribution in [2.45, 2.75) is 31.3 Å². The van der Waals surface area contributed by atoms with Gasteiger partial charge < -0.3 is 4.74 Å². The molecule has 1 aliphatic rings. The van der Waals surface area contributed by atoms with Crippen molar-refractivity contribution in [2.24, 2.45) is 0 Å². The van der Waals surface area contributed by atoms with Crippen molar-refractivity contribution in [3.8, 4) is 5.75 Å². The molecule has 2 aromatic carbocycles. The Morgan fingerprint density at radius 1 is 1.20 bits per heavy atom. The van der Waals surface area contributed by atoms with E-state index in [1.54, 1.807) is 7.11 Å². The first-order valence-corrected chi connectivity index (χ1v) is 9.07. The number of methoxy groups -OCH3 is 1. The van der Waals surface area contributed by atoms with Crippen molar-refractivity contribution in [1.29, 1.82) is 0 Å². The molecule has 2 aromatic rings. The van der Waals surface area contributed by atoms with Crippen LogP contribution in [0.25, 0.3) is 0 Å². The summed E-state index contributed by atoms with van der Waals surface area (Å²) in [5, 5.41) is 3.75. The SMILES string of the molecule is C=CC1(c2ccccc2)NCN(CCCC)C1c1ccc(OC)cc1. The second-order valence-corrected chi connectivity index (χ2v) is 6.62. The van der Waals surface area contributed by atoms with Gasteiger partial charge in [-0.25, -0.2) is 0 Å². The van der Waals surface area contributed by atoms with E-state index in [4.69, 9.17) is 4.74 Å². The van der Waals surface area contributed by atoms with Gasteiger partial charge in [0.15, 0.2) is 0 Å². The summed E-state index contributed by atoms with van der Waals surface area (Å²) in [5.41, 5.74) is 2.25. The van der Waals surface area contributed by atoms with Crippen LogP contribution in [0.5, 0.6) is 5.75 Å². The molecule has 0 spiro atoms. The maximum absolute atomic E-state index is 5.34. The van der Waals surface area contributed by atoms with Gasteiger partial charge in [0.25, 0.3) is 0 Å². The van der Waals surface area contributed by atoms with E-state index in [0.29, 0.717) is 0 Å². The molecule has 0 amide bonds. The van der Waals surface area contributed by atoms with Gasteiger partial charge in [-0.15, -0.1) is 6.58 Å². The Kier molecular flexibility index (Phi) is 5.57. The number of ether oxygens (including phenoxy) is 1. The van der Waals surface area contributed by atoms with Crippen molar-refractivity contribution in [1.82, 2.24) is 10.2 Å². The third-order valence-electron chi connectivity index (χ3n) is 5.17. The van der Waals surface area contributed by atoms with Crippen LogP contribution in [0.1, 0.15) is 36.9 Å². The van der Waals surface area contributed by atoms with Crippen molar-refractivity contribution in [3.63, 3.8) is 0 Å². The molecule has 132 valence electrons. The summed E-state index contributed by atoms with van der Waals surface area (Å²) in [4.78, 5) is 2.53. The van der Waals surface area contributed by atoms with E-state index in [0.717, 1.165) is 19.0 Å². The first kappa shape index (κ1) is 17.7. The normalized spacial score (nSPS) is 23.5. The summed E-state index contributed by atoms with van der Waals surface area (Å²) in [7, 11) is 1.71. The Hall–Kier alpha value is -2.10. The summed E-state index contributed by atoms with van der Waals surface area (Å²) in [6.45, 7) is 8.37. The number of hydrogen-bond donors (Lipinski definition) is 1. The predicted octanol–water partition coefficient (Wildman–Crippen LogP) is 4.48. The fourth-order valence-corrected chi connectivity index (χ4v) is 3.81. The lowest BCUT2D eigenvalue weighted by molar-refractivity contribution is 0.223. The number of unbranched alkanes of at least 4 members (excludes halogenated alkanes) is 1. The molecule has 2 unspecified atom stereocenters. The Morgan fingerprint density at radius 2 is 1.92 bits per heavy atom. The van der Waals surface area contributed by atoms with Crippen molar-refractivity contribution in [3.05, 3.63) is 78.4 Å². The molecule has 3 heteroatoms. The van der Waals surface area contributed by atoms with Gasteiger partial charge in [-0.2, -0.15) is 0 Å². The van der Waals surface area contributed by atoms with E-state index < -0.39 is 0 Å². The fraction of sp³-hybridized carbons (Fsp3) is 0.364. The number of rotatable bonds is 7. The van der Waals surface area contributed by atoms with Crippen LogP contribution in [0.15, 0.2) is 67.3 Å². The Labute approximate surface area is 151 Å². The minimum absolute atomic E-state index is 0.213. The first-order chi connectivity index (χ1) is 12.2. The molecule has 3 rings (SSSR count). The average molecular weight is 336 g/mol. The summed E-state index contributed by atoms with van der Waals surface area (Å²) >= 11 is 0.